The molecule has 0 heterocycles. The van der Waals surface area contributed by atoms with Gasteiger partial charge < -0.3 is 4.43 Å². The minimum absolute atomic E-state index is 0.143. The molecule has 0 saturated heterocycles. The van der Waals surface area contributed by atoms with Crippen LogP contribution in [0.3, 0.4) is 0 Å². The van der Waals surface area contributed by atoms with E-state index >= 15 is 0 Å². The Balaban J connectivity index is 4.45. The number of hydrogen-bond donors (Lipinski definition) is 0. The lowest BCUT2D eigenvalue weighted by atomic mass is 10.0. The molecule has 0 aromatic rings. The predicted octanol–water partition coefficient (Wildman–Crippen LogP) is 3.60. The van der Waals surface area contributed by atoms with E-state index < -0.39 is 8.32 Å². The van der Waals surface area contributed by atoms with Crippen molar-refractivity contribution in [3.05, 3.63) is 24.8 Å². The molecule has 1 atom stereocenters. The fourth-order valence-electron chi connectivity index (χ4n) is 1.14. The Morgan fingerprint density at radius 1 is 1.31 bits per heavy atom. The standard InChI is InChI=1S/C11H22OSi/c1-8-10(4)11(9(2)3)12-13(5,6)7/h8-9,11H,1,4H2,2-3,5-7H3. The van der Waals surface area contributed by atoms with Gasteiger partial charge in [0.1, 0.15) is 0 Å². The van der Waals surface area contributed by atoms with Crippen LogP contribution in [0.4, 0.5) is 0 Å². The summed E-state index contributed by atoms with van der Waals surface area (Å²) in [5.74, 6) is 0.470. The maximum Gasteiger partial charge on any atom is 0.184 e. The van der Waals surface area contributed by atoms with Crippen LogP contribution < -0.4 is 0 Å². The fourth-order valence-corrected chi connectivity index (χ4v) is 2.32. The van der Waals surface area contributed by atoms with Crippen LogP contribution >= 0.6 is 0 Å². The third-order valence-electron chi connectivity index (χ3n) is 1.71. The molecule has 0 aliphatic rings. The highest BCUT2D eigenvalue weighted by Crippen LogP contribution is 2.20. The first-order chi connectivity index (χ1) is 5.78. The summed E-state index contributed by atoms with van der Waals surface area (Å²) >= 11 is 0. The van der Waals surface area contributed by atoms with Crippen molar-refractivity contribution < 1.29 is 4.43 Å². The molecule has 0 saturated carbocycles. The van der Waals surface area contributed by atoms with E-state index in [1.807, 2.05) is 0 Å². The van der Waals surface area contributed by atoms with Gasteiger partial charge in [0.05, 0.1) is 6.10 Å². The molecule has 0 aliphatic heterocycles. The van der Waals surface area contributed by atoms with Gasteiger partial charge >= 0.3 is 0 Å². The summed E-state index contributed by atoms with van der Waals surface area (Å²) in [6.07, 6.45) is 1.94. The third kappa shape index (κ3) is 5.06. The maximum absolute atomic E-state index is 6.02. The van der Waals surface area contributed by atoms with Crippen molar-refractivity contribution in [1.29, 1.82) is 0 Å². The smallest absolute Gasteiger partial charge is 0.184 e. The van der Waals surface area contributed by atoms with E-state index in [1.54, 1.807) is 6.08 Å². The van der Waals surface area contributed by atoms with Crippen LogP contribution in [0, 0.1) is 5.92 Å². The summed E-state index contributed by atoms with van der Waals surface area (Å²) < 4.78 is 6.02. The molecule has 1 unspecified atom stereocenters. The lowest BCUT2D eigenvalue weighted by Crippen LogP contribution is -2.35. The van der Waals surface area contributed by atoms with Gasteiger partial charge in [0, 0.05) is 0 Å². The Morgan fingerprint density at radius 2 is 1.77 bits per heavy atom. The van der Waals surface area contributed by atoms with Crippen molar-refractivity contribution in [3.63, 3.8) is 0 Å². The van der Waals surface area contributed by atoms with Crippen LogP contribution in [0.5, 0.6) is 0 Å². The zero-order valence-corrected chi connectivity index (χ0v) is 10.6. The molecule has 76 valence electrons. The van der Waals surface area contributed by atoms with E-state index in [-0.39, 0.29) is 6.10 Å². The Labute approximate surface area is 83.6 Å². The molecule has 0 aliphatic carbocycles. The van der Waals surface area contributed by atoms with E-state index in [1.165, 1.54) is 0 Å². The second kappa shape index (κ2) is 4.77. The lowest BCUT2D eigenvalue weighted by Gasteiger charge is -2.29. The van der Waals surface area contributed by atoms with Gasteiger partial charge in [0.2, 0.25) is 0 Å². The van der Waals surface area contributed by atoms with Crippen molar-refractivity contribution in [2.75, 3.05) is 0 Å². The second-order valence-corrected chi connectivity index (χ2v) is 9.13. The summed E-state index contributed by atoms with van der Waals surface area (Å²) in [6, 6.07) is 0. The molecular weight excluding hydrogens is 176 g/mol. The van der Waals surface area contributed by atoms with Gasteiger partial charge in [-0.05, 0) is 31.1 Å². The first-order valence-electron chi connectivity index (χ1n) is 4.77. The number of rotatable bonds is 5. The Bertz CT molecular complexity index is 189. The highest BCUT2D eigenvalue weighted by atomic mass is 28.4. The summed E-state index contributed by atoms with van der Waals surface area (Å²) in [6.45, 7) is 18.6. The van der Waals surface area contributed by atoms with Crippen LogP contribution in [0.1, 0.15) is 13.8 Å². The minimum atomic E-state index is -1.47. The average Bonchev–Trinajstić information content (AvgIpc) is 1.96. The summed E-state index contributed by atoms with van der Waals surface area (Å²) in [7, 11) is -1.47. The summed E-state index contributed by atoms with van der Waals surface area (Å²) in [5, 5.41) is 0. The van der Waals surface area contributed by atoms with Crippen molar-refractivity contribution in [2.45, 2.75) is 39.6 Å². The van der Waals surface area contributed by atoms with Gasteiger partial charge in [0.25, 0.3) is 0 Å². The molecular formula is C11H22OSi. The number of hydrogen-bond acceptors (Lipinski definition) is 1. The first kappa shape index (κ1) is 12.7. The molecule has 0 aromatic heterocycles. The average molecular weight is 198 g/mol. The predicted molar refractivity (Wildman–Crippen MR) is 62.4 cm³/mol. The zero-order chi connectivity index (χ0) is 10.6. The van der Waals surface area contributed by atoms with Gasteiger partial charge in [-0.2, -0.15) is 0 Å². The largest absolute Gasteiger partial charge is 0.411 e. The van der Waals surface area contributed by atoms with Crippen molar-refractivity contribution in [2.24, 2.45) is 5.92 Å². The van der Waals surface area contributed by atoms with Gasteiger partial charge in [-0.25, -0.2) is 0 Å². The lowest BCUT2D eigenvalue weighted by molar-refractivity contribution is 0.182. The highest BCUT2D eigenvalue weighted by molar-refractivity contribution is 6.69. The van der Waals surface area contributed by atoms with Crippen molar-refractivity contribution in [1.82, 2.24) is 0 Å². The quantitative estimate of drug-likeness (QED) is 0.484. The Kier molecular flexibility index (Phi) is 4.65. The minimum Gasteiger partial charge on any atom is -0.411 e. The fraction of sp³-hybridized carbons (Fsp3) is 0.636. The van der Waals surface area contributed by atoms with Crippen LogP contribution in [-0.4, -0.2) is 14.4 Å². The highest BCUT2D eigenvalue weighted by Gasteiger charge is 2.24. The SMILES string of the molecule is C=CC(=C)C(O[Si](C)(C)C)C(C)C. The summed E-state index contributed by atoms with van der Waals surface area (Å²) in [4.78, 5) is 0. The molecule has 2 heteroatoms. The molecule has 0 bridgehead atoms. The van der Waals surface area contributed by atoms with E-state index in [0.717, 1.165) is 5.57 Å². The van der Waals surface area contributed by atoms with Crippen LogP contribution in [-0.2, 0) is 4.43 Å². The molecule has 13 heavy (non-hydrogen) atoms. The van der Waals surface area contributed by atoms with Crippen LogP contribution in [0.2, 0.25) is 19.6 Å². The molecule has 0 radical (unpaired) electrons. The molecule has 0 N–H and O–H groups in total. The second-order valence-electron chi connectivity index (χ2n) is 4.67. The van der Waals surface area contributed by atoms with E-state index in [0.29, 0.717) is 5.92 Å². The topological polar surface area (TPSA) is 9.23 Å². The molecule has 0 spiro atoms. The molecule has 1 nitrogen and oxygen atoms in total. The van der Waals surface area contributed by atoms with Gasteiger partial charge in [-0.15, -0.1) is 0 Å². The Morgan fingerprint density at radius 3 is 2.00 bits per heavy atom. The van der Waals surface area contributed by atoms with Crippen LogP contribution in [0.15, 0.2) is 24.8 Å². The van der Waals surface area contributed by atoms with E-state index in [4.69, 9.17) is 4.43 Å². The molecule has 0 aromatic carbocycles. The van der Waals surface area contributed by atoms with Gasteiger partial charge in [0.15, 0.2) is 8.32 Å². The first-order valence-corrected chi connectivity index (χ1v) is 8.18. The van der Waals surface area contributed by atoms with Crippen molar-refractivity contribution >= 4 is 8.32 Å². The van der Waals surface area contributed by atoms with Crippen LogP contribution in [0.25, 0.3) is 0 Å². The van der Waals surface area contributed by atoms with E-state index in [9.17, 15) is 0 Å². The van der Waals surface area contributed by atoms with Gasteiger partial charge in [-0.3, -0.25) is 0 Å². The van der Waals surface area contributed by atoms with Crippen molar-refractivity contribution in [3.8, 4) is 0 Å². The normalized spacial score (nSPS) is 14.3. The molecule has 0 fully saturated rings. The Hall–Kier alpha value is -0.343. The third-order valence-corrected chi connectivity index (χ3v) is 2.67. The monoisotopic (exact) mass is 198 g/mol. The summed E-state index contributed by atoms with van der Waals surface area (Å²) in [5.41, 5.74) is 0.998. The zero-order valence-electron chi connectivity index (χ0n) is 9.55. The van der Waals surface area contributed by atoms with Gasteiger partial charge in [-0.1, -0.05) is 33.1 Å². The van der Waals surface area contributed by atoms with E-state index in [2.05, 4.69) is 46.6 Å². The molecule has 0 rings (SSSR count). The maximum atomic E-state index is 6.02. The molecule has 0 amide bonds.